The van der Waals surface area contributed by atoms with Crippen LogP contribution in [-0.4, -0.2) is 11.8 Å². The fraction of sp³-hybridized carbons (Fsp3) is 0.412. The van der Waals surface area contributed by atoms with Crippen molar-refractivity contribution in [2.24, 2.45) is 17.3 Å². The number of carbonyl (C=O) groups is 2. The minimum atomic E-state index is -0.498. The number of allylic oxidation sites excluding steroid dienone is 2. The predicted molar refractivity (Wildman–Crippen MR) is 89.9 cm³/mol. The van der Waals surface area contributed by atoms with Crippen LogP contribution in [0, 0.1) is 23.1 Å². The molecule has 1 fully saturated rings. The molecule has 0 spiro atoms. The van der Waals surface area contributed by atoms with Crippen LogP contribution in [0.1, 0.15) is 38.1 Å². The number of hydrogen-bond acceptors (Lipinski definition) is 2. The zero-order chi connectivity index (χ0) is 17.4. The van der Waals surface area contributed by atoms with Gasteiger partial charge in [-0.25, -0.2) is 4.39 Å². The van der Waals surface area contributed by atoms with Crippen molar-refractivity contribution >= 4 is 27.7 Å². The van der Waals surface area contributed by atoms with E-state index in [1.165, 1.54) is 18.2 Å². The number of carbonyl (C=O) groups excluding carboxylic acids is 2. The van der Waals surface area contributed by atoms with Gasteiger partial charge < -0.3 is 0 Å². The molecule has 1 aliphatic carbocycles. The van der Waals surface area contributed by atoms with Crippen LogP contribution in [0.3, 0.4) is 0 Å². The summed E-state index contributed by atoms with van der Waals surface area (Å²) in [5.74, 6) is -1.16. The number of benzene rings is 1. The van der Waals surface area contributed by atoms with Gasteiger partial charge in [-0.2, -0.15) is 0 Å². The maximum absolute atomic E-state index is 13.0. The van der Waals surface area contributed by atoms with Crippen LogP contribution in [0.4, 0.5) is 4.39 Å². The van der Waals surface area contributed by atoms with Crippen molar-refractivity contribution in [2.45, 2.75) is 27.7 Å². The summed E-state index contributed by atoms with van der Waals surface area (Å²) in [4.78, 5) is 24.3. The molecule has 1 aliphatic rings. The number of halogens is 2. The fourth-order valence-corrected chi connectivity index (χ4v) is 3.32. The number of amides is 2. The summed E-state index contributed by atoms with van der Waals surface area (Å²) in [5, 5.41) is 0. The molecule has 0 radical (unpaired) electrons. The van der Waals surface area contributed by atoms with Gasteiger partial charge in [0.15, 0.2) is 0 Å². The molecule has 1 aromatic rings. The van der Waals surface area contributed by atoms with Crippen LogP contribution in [0.15, 0.2) is 34.3 Å². The Morgan fingerprint density at radius 1 is 1.26 bits per heavy atom. The lowest BCUT2D eigenvalue weighted by Crippen LogP contribution is -2.43. The Bertz CT molecular complexity index is 681. The maximum Gasteiger partial charge on any atom is 0.270 e. The van der Waals surface area contributed by atoms with Crippen molar-refractivity contribution in [1.29, 1.82) is 0 Å². The average Bonchev–Trinajstić information content (AvgIpc) is 2.96. The standard InChI is InChI=1S/C17H20BrFN2O2/c1-9(2)7-12-14(17(12,3)4)16(23)21-20-15(22)11-6-5-10(19)8-13(11)18/h5-8,12,14H,1-4H3,(H,20,22)(H,21,23)/t12-,14-/m0/s1. The highest BCUT2D eigenvalue weighted by atomic mass is 79.9. The Hall–Kier alpha value is -1.69. The van der Waals surface area contributed by atoms with Crippen molar-refractivity contribution in [3.63, 3.8) is 0 Å². The smallest absolute Gasteiger partial charge is 0.270 e. The highest BCUT2D eigenvalue weighted by Crippen LogP contribution is 2.59. The van der Waals surface area contributed by atoms with E-state index in [-0.39, 0.29) is 28.7 Å². The van der Waals surface area contributed by atoms with Gasteiger partial charge in [-0.1, -0.05) is 25.5 Å². The van der Waals surface area contributed by atoms with E-state index in [0.29, 0.717) is 4.47 Å². The van der Waals surface area contributed by atoms with Crippen molar-refractivity contribution in [1.82, 2.24) is 10.9 Å². The minimum Gasteiger partial charge on any atom is -0.273 e. The SMILES string of the molecule is CC(C)=C[C@H]1[C@@H](C(=O)NNC(=O)c2ccc(F)cc2Br)C1(C)C. The highest BCUT2D eigenvalue weighted by Gasteiger charge is 2.60. The molecule has 0 heterocycles. The molecule has 4 nitrogen and oxygen atoms in total. The number of hydrogen-bond donors (Lipinski definition) is 2. The van der Waals surface area contributed by atoms with Crippen molar-refractivity contribution < 1.29 is 14.0 Å². The Balaban J connectivity index is 1.97. The molecule has 1 saturated carbocycles. The summed E-state index contributed by atoms with van der Waals surface area (Å²) in [5.41, 5.74) is 6.14. The van der Waals surface area contributed by atoms with Crippen molar-refractivity contribution in [3.8, 4) is 0 Å². The third kappa shape index (κ3) is 3.80. The zero-order valence-electron chi connectivity index (χ0n) is 13.5. The van der Waals surface area contributed by atoms with Gasteiger partial charge in [0.1, 0.15) is 5.82 Å². The van der Waals surface area contributed by atoms with Gasteiger partial charge in [0, 0.05) is 4.47 Å². The van der Waals surface area contributed by atoms with Crippen LogP contribution < -0.4 is 10.9 Å². The molecule has 0 saturated heterocycles. The summed E-state index contributed by atoms with van der Waals surface area (Å²) in [6.45, 7) is 8.05. The molecule has 0 aliphatic heterocycles. The second kappa shape index (κ2) is 6.43. The zero-order valence-corrected chi connectivity index (χ0v) is 15.1. The minimum absolute atomic E-state index is 0.122. The fourth-order valence-electron chi connectivity index (χ4n) is 2.79. The summed E-state index contributed by atoms with van der Waals surface area (Å²) < 4.78 is 13.4. The van der Waals surface area contributed by atoms with Crippen LogP contribution in [0.2, 0.25) is 0 Å². The average molecular weight is 383 g/mol. The Kier molecular flexibility index (Phi) is 4.94. The molecule has 0 bridgehead atoms. The third-order valence-electron chi connectivity index (χ3n) is 4.18. The molecule has 0 aromatic heterocycles. The van der Waals surface area contributed by atoms with E-state index in [2.05, 4.69) is 32.9 Å². The molecule has 0 unspecified atom stereocenters. The van der Waals surface area contributed by atoms with Crippen LogP contribution in [0.25, 0.3) is 0 Å². The molecule has 2 amide bonds. The molecule has 1 aromatic carbocycles. The molecular formula is C17H20BrFN2O2. The third-order valence-corrected chi connectivity index (χ3v) is 4.84. The lowest BCUT2D eigenvalue weighted by Gasteiger charge is -2.09. The van der Waals surface area contributed by atoms with Crippen molar-refractivity contribution in [3.05, 3.63) is 45.7 Å². The molecule has 124 valence electrons. The summed E-state index contributed by atoms with van der Waals surface area (Å²) in [7, 11) is 0. The van der Waals surface area contributed by atoms with Gasteiger partial charge in [0.25, 0.3) is 5.91 Å². The summed E-state index contributed by atoms with van der Waals surface area (Å²) in [6, 6.07) is 3.75. The molecule has 2 N–H and O–H groups in total. The lowest BCUT2D eigenvalue weighted by molar-refractivity contribution is -0.123. The monoisotopic (exact) mass is 382 g/mol. The predicted octanol–water partition coefficient (Wildman–Crippen LogP) is 3.59. The second-order valence-corrected chi connectivity index (χ2v) is 7.49. The second-order valence-electron chi connectivity index (χ2n) is 6.64. The number of rotatable bonds is 3. The highest BCUT2D eigenvalue weighted by molar-refractivity contribution is 9.10. The maximum atomic E-state index is 13.0. The first-order valence-corrected chi connectivity index (χ1v) is 8.14. The Morgan fingerprint density at radius 2 is 1.91 bits per heavy atom. The van der Waals surface area contributed by atoms with E-state index in [4.69, 9.17) is 0 Å². The largest absolute Gasteiger partial charge is 0.273 e. The van der Waals surface area contributed by atoms with E-state index in [1.54, 1.807) is 0 Å². The summed E-state index contributed by atoms with van der Waals surface area (Å²) >= 11 is 3.13. The van der Waals surface area contributed by atoms with Crippen LogP contribution in [0.5, 0.6) is 0 Å². The van der Waals surface area contributed by atoms with Gasteiger partial charge in [-0.05, 0) is 59.3 Å². The van der Waals surface area contributed by atoms with E-state index in [0.717, 1.165) is 5.57 Å². The van der Waals surface area contributed by atoms with E-state index >= 15 is 0 Å². The first-order chi connectivity index (χ1) is 10.6. The van der Waals surface area contributed by atoms with E-state index < -0.39 is 11.7 Å². The van der Waals surface area contributed by atoms with E-state index in [1.807, 2.05) is 27.7 Å². The topological polar surface area (TPSA) is 58.2 Å². The Labute approximate surface area is 143 Å². The Morgan fingerprint density at radius 3 is 2.48 bits per heavy atom. The van der Waals surface area contributed by atoms with Gasteiger partial charge in [0.2, 0.25) is 5.91 Å². The molecule has 2 rings (SSSR count). The van der Waals surface area contributed by atoms with Gasteiger partial charge in [0.05, 0.1) is 11.5 Å². The molecule has 23 heavy (non-hydrogen) atoms. The first kappa shape index (κ1) is 17.7. The van der Waals surface area contributed by atoms with Crippen molar-refractivity contribution in [2.75, 3.05) is 0 Å². The quantitative estimate of drug-likeness (QED) is 0.619. The number of nitrogens with one attached hydrogen (secondary N) is 2. The van der Waals surface area contributed by atoms with Crippen LogP contribution in [-0.2, 0) is 4.79 Å². The van der Waals surface area contributed by atoms with E-state index in [9.17, 15) is 14.0 Å². The number of hydrazine groups is 1. The first-order valence-electron chi connectivity index (χ1n) is 7.35. The molecule has 6 heteroatoms. The van der Waals surface area contributed by atoms with Gasteiger partial charge in [-0.3, -0.25) is 20.4 Å². The van der Waals surface area contributed by atoms with Gasteiger partial charge >= 0.3 is 0 Å². The molecule has 2 atom stereocenters. The summed E-state index contributed by atoms with van der Waals surface area (Å²) in [6.07, 6.45) is 2.09. The van der Waals surface area contributed by atoms with Crippen LogP contribution >= 0.6 is 15.9 Å². The normalized spacial score (nSPS) is 21.3. The lowest BCUT2D eigenvalue weighted by atomic mass is 10.1. The van der Waals surface area contributed by atoms with Gasteiger partial charge in [-0.15, -0.1) is 0 Å². The molecular weight excluding hydrogens is 363 g/mol.